The molecule has 0 saturated carbocycles. The van der Waals surface area contributed by atoms with Gasteiger partial charge in [0.1, 0.15) is 5.56 Å². The predicted octanol–water partition coefficient (Wildman–Crippen LogP) is -1.28. The van der Waals surface area contributed by atoms with Crippen molar-refractivity contribution in [2.24, 2.45) is 0 Å². The van der Waals surface area contributed by atoms with Gasteiger partial charge in [0.2, 0.25) is 0 Å². The molecule has 0 aliphatic rings. The van der Waals surface area contributed by atoms with Gasteiger partial charge in [-0.2, -0.15) is 9.40 Å². The average molecular weight is 249 g/mol. The summed E-state index contributed by atoms with van der Waals surface area (Å²) < 4.78 is 24.4. The van der Waals surface area contributed by atoms with Crippen molar-refractivity contribution in [2.75, 3.05) is 20.2 Å². The van der Waals surface area contributed by atoms with Gasteiger partial charge in [-0.05, 0) is 0 Å². The Morgan fingerprint density at radius 1 is 1.62 bits per heavy atom. The third kappa shape index (κ3) is 2.21. The second-order valence-electron chi connectivity index (χ2n) is 2.97. The van der Waals surface area contributed by atoms with E-state index in [1.165, 1.54) is 7.05 Å². The fourth-order valence-electron chi connectivity index (χ4n) is 1.04. The zero-order valence-electron chi connectivity index (χ0n) is 8.41. The number of carbonyl (C=O) groups is 1. The molecule has 1 aromatic heterocycles. The van der Waals surface area contributed by atoms with Crippen molar-refractivity contribution < 1.29 is 23.4 Å². The van der Waals surface area contributed by atoms with E-state index < -0.39 is 26.6 Å². The Bertz CT molecular complexity index is 480. The zero-order valence-corrected chi connectivity index (χ0v) is 9.23. The van der Waals surface area contributed by atoms with E-state index >= 15 is 0 Å². The molecule has 0 aromatic carbocycles. The summed E-state index contributed by atoms with van der Waals surface area (Å²) in [5.74, 6) is -1.38. The average Bonchev–Trinajstić information content (AvgIpc) is 2.66. The number of aliphatic hydroxyl groups excluding tert-OH is 1. The van der Waals surface area contributed by atoms with Crippen molar-refractivity contribution in [3.8, 4) is 0 Å². The summed E-state index contributed by atoms with van der Waals surface area (Å²) in [4.78, 5) is 10.7. The van der Waals surface area contributed by atoms with E-state index in [1.807, 2.05) is 0 Å². The molecule has 0 spiro atoms. The molecule has 1 rings (SSSR count). The first-order valence-corrected chi connectivity index (χ1v) is 5.69. The fourth-order valence-corrected chi connectivity index (χ4v) is 2.26. The number of aliphatic hydroxyl groups is 1. The number of aromatic carboxylic acids is 1. The maximum absolute atomic E-state index is 11.8. The second-order valence-corrected chi connectivity index (χ2v) is 4.95. The van der Waals surface area contributed by atoms with Gasteiger partial charge in [0, 0.05) is 13.6 Å². The third-order valence-electron chi connectivity index (χ3n) is 1.92. The Morgan fingerprint density at radius 2 is 2.25 bits per heavy atom. The van der Waals surface area contributed by atoms with Gasteiger partial charge in [0.25, 0.3) is 10.0 Å². The number of hydrogen-bond donors (Lipinski definition) is 3. The van der Waals surface area contributed by atoms with Crippen LogP contribution in [0.5, 0.6) is 0 Å². The van der Waals surface area contributed by atoms with Gasteiger partial charge in [-0.15, -0.1) is 0 Å². The van der Waals surface area contributed by atoms with E-state index in [9.17, 15) is 13.2 Å². The maximum Gasteiger partial charge on any atom is 0.340 e. The molecule has 90 valence electrons. The van der Waals surface area contributed by atoms with Crippen molar-refractivity contribution in [3.63, 3.8) is 0 Å². The lowest BCUT2D eigenvalue weighted by Crippen LogP contribution is -2.30. The van der Waals surface area contributed by atoms with Gasteiger partial charge < -0.3 is 10.2 Å². The van der Waals surface area contributed by atoms with Crippen molar-refractivity contribution in [3.05, 3.63) is 11.8 Å². The zero-order chi connectivity index (χ0) is 12.3. The number of carboxylic acids is 1. The molecule has 9 heteroatoms. The van der Waals surface area contributed by atoms with E-state index in [4.69, 9.17) is 10.2 Å². The summed E-state index contributed by atoms with van der Waals surface area (Å²) in [5.41, 5.74) is -0.426. The van der Waals surface area contributed by atoms with Crippen LogP contribution in [-0.4, -0.2) is 59.3 Å². The van der Waals surface area contributed by atoms with E-state index in [0.717, 1.165) is 10.5 Å². The summed E-state index contributed by atoms with van der Waals surface area (Å²) in [6.45, 7) is -0.479. The number of hydrogen-bond acceptors (Lipinski definition) is 5. The highest BCUT2D eigenvalue weighted by Gasteiger charge is 2.28. The van der Waals surface area contributed by atoms with Crippen LogP contribution in [0.25, 0.3) is 0 Å². The van der Waals surface area contributed by atoms with Crippen LogP contribution >= 0.6 is 0 Å². The van der Waals surface area contributed by atoms with Crippen LogP contribution in [-0.2, 0) is 10.0 Å². The molecule has 3 N–H and O–H groups in total. The SMILES string of the molecule is CN(CCO)S(=O)(=O)c1[nH]ncc1C(=O)O. The number of sulfonamides is 1. The Morgan fingerprint density at radius 3 is 2.75 bits per heavy atom. The van der Waals surface area contributed by atoms with Crippen LogP contribution in [0.2, 0.25) is 0 Å². The Hall–Kier alpha value is -1.45. The molecule has 0 radical (unpaired) electrons. The quantitative estimate of drug-likeness (QED) is 0.597. The summed E-state index contributed by atoms with van der Waals surface area (Å²) in [6.07, 6.45) is 0.919. The van der Waals surface area contributed by atoms with E-state index in [-0.39, 0.29) is 13.2 Å². The topological polar surface area (TPSA) is 124 Å². The van der Waals surface area contributed by atoms with Gasteiger partial charge in [-0.1, -0.05) is 0 Å². The van der Waals surface area contributed by atoms with E-state index in [1.54, 1.807) is 0 Å². The van der Waals surface area contributed by atoms with Crippen molar-refractivity contribution in [1.82, 2.24) is 14.5 Å². The van der Waals surface area contributed by atoms with Crippen molar-refractivity contribution >= 4 is 16.0 Å². The molecular weight excluding hydrogens is 238 g/mol. The van der Waals surface area contributed by atoms with Crippen LogP contribution in [0.15, 0.2) is 11.2 Å². The summed E-state index contributed by atoms with van der Waals surface area (Å²) in [7, 11) is -2.72. The number of carboxylic acid groups (broad SMARTS) is 1. The molecule has 1 aromatic rings. The van der Waals surface area contributed by atoms with Crippen LogP contribution in [0.1, 0.15) is 10.4 Å². The standard InChI is InChI=1S/C7H11N3O5S/c1-10(2-3-11)16(14,15)6-5(7(12)13)4-8-9-6/h4,11H,2-3H2,1H3,(H,8,9)(H,12,13). The van der Waals surface area contributed by atoms with Crippen LogP contribution in [0.3, 0.4) is 0 Å². The molecule has 0 saturated heterocycles. The minimum Gasteiger partial charge on any atom is -0.478 e. The van der Waals surface area contributed by atoms with Gasteiger partial charge in [-0.3, -0.25) is 5.10 Å². The fraction of sp³-hybridized carbons (Fsp3) is 0.429. The number of nitrogens with zero attached hydrogens (tertiary/aromatic N) is 2. The van der Waals surface area contributed by atoms with Crippen LogP contribution in [0.4, 0.5) is 0 Å². The van der Waals surface area contributed by atoms with Crippen molar-refractivity contribution in [2.45, 2.75) is 5.03 Å². The first kappa shape index (κ1) is 12.6. The molecule has 0 unspecified atom stereocenters. The molecule has 16 heavy (non-hydrogen) atoms. The lowest BCUT2D eigenvalue weighted by molar-refractivity contribution is 0.0692. The minimum atomic E-state index is -3.96. The molecule has 1 heterocycles. The van der Waals surface area contributed by atoms with E-state index in [0.29, 0.717) is 0 Å². The van der Waals surface area contributed by atoms with Crippen LogP contribution < -0.4 is 0 Å². The molecule has 0 aliphatic carbocycles. The summed E-state index contributed by atoms with van der Waals surface area (Å²) in [5, 5.41) is 22.4. The normalized spacial score (nSPS) is 11.9. The lowest BCUT2D eigenvalue weighted by atomic mass is 10.4. The summed E-state index contributed by atoms with van der Waals surface area (Å²) >= 11 is 0. The number of aromatic nitrogens is 2. The maximum atomic E-state index is 11.8. The molecule has 0 atom stereocenters. The molecule has 0 fully saturated rings. The molecule has 0 aliphatic heterocycles. The molecule has 0 amide bonds. The van der Waals surface area contributed by atoms with Crippen molar-refractivity contribution in [1.29, 1.82) is 0 Å². The van der Waals surface area contributed by atoms with Gasteiger partial charge in [0.15, 0.2) is 5.03 Å². The predicted molar refractivity (Wildman–Crippen MR) is 52.4 cm³/mol. The number of rotatable bonds is 5. The summed E-state index contributed by atoms with van der Waals surface area (Å²) in [6, 6.07) is 0. The Labute approximate surface area is 91.6 Å². The molecular formula is C7H11N3O5S. The Kier molecular flexibility index (Phi) is 3.62. The largest absolute Gasteiger partial charge is 0.478 e. The first-order valence-electron chi connectivity index (χ1n) is 4.25. The monoisotopic (exact) mass is 249 g/mol. The number of nitrogens with one attached hydrogen (secondary N) is 1. The highest BCUT2D eigenvalue weighted by atomic mass is 32.2. The second kappa shape index (κ2) is 4.60. The number of H-pyrrole nitrogens is 1. The first-order chi connectivity index (χ1) is 7.41. The number of aromatic amines is 1. The molecule has 8 nitrogen and oxygen atoms in total. The Balaban J connectivity index is 3.17. The van der Waals surface area contributed by atoms with E-state index in [2.05, 4.69) is 10.2 Å². The molecule has 0 bridgehead atoms. The lowest BCUT2D eigenvalue weighted by Gasteiger charge is -2.14. The van der Waals surface area contributed by atoms with Gasteiger partial charge in [-0.25, -0.2) is 13.2 Å². The van der Waals surface area contributed by atoms with Crippen LogP contribution in [0, 0.1) is 0 Å². The van der Waals surface area contributed by atoms with Gasteiger partial charge in [0.05, 0.1) is 12.8 Å². The minimum absolute atomic E-state index is 0.125. The van der Waals surface area contributed by atoms with Gasteiger partial charge >= 0.3 is 5.97 Å². The smallest absolute Gasteiger partial charge is 0.340 e. The number of likely N-dealkylation sites (N-methyl/N-ethyl adjacent to an activating group) is 1. The third-order valence-corrected chi connectivity index (χ3v) is 3.75. The highest BCUT2D eigenvalue weighted by Crippen LogP contribution is 2.15. The highest BCUT2D eigenvalue weighted by molar-refractivity contribution is 7.89.